The van der Waals surface area contributed by atoms with Crippen LogP contribution in [0.5, 0.6) is 0 Å². The zero-order chi connectivity index (χ0) is 40.2. The summed E-state index contributed by atoms with van der Waals surface area (Å²) in [7, 11) is -4.01. The molecule has 0 amide bonds. The second-order valence-corrected chi connectivity index (χ2v) is 27.3. The van der Waals surface area contributed by atoms with Gasteiger partial charge in [0.2, 0.25) is 0 Å². The van der Waals surface area contributed by atoms with Crippen LogP contribution in [0.15, 0.2) is 139 Å². The Bertz CT molecular complexity index is 3240. The highest BCUT2D eigenvalue weighted by atomic mass is 28.3. The van der Waals surface area contributed by atoms with Crippen molar-refractivity contribution in [2.45, 2.75) is 39.3 Å². The van der Waals surface area contributed by atoms with Crippen molar-refractivity contribution in [3.05, 3.63) is 134 Å². The van der Waals surface area contributed by atoms with E-state index in [1.54, 1.807) is 0 Å². The van der Waals surface area contributed by atoms with Crippen molar-refractivity contribution in [2.24, 2.45) is 0 Å². The molecule has 59 heavy (non-hydrogen) atoms. The molecule has 0 fully saturated rings. The van der Waals surface area contributed by atoms with E-state index in [1.807, 2.05) is 49.3 Å². The molecule has 9 nitrogen and oxygen atoms in total. The van der Waals surface area contributed by atoms with Crippen LogP contribution in [0, 0.1) is 0 Å². The van der Waals surface area contributed by atoms with Gasteiger partial charge in [0, 0.05) is 79.1 Å². The van der Waals surface area contributed by atoms with Gasteiger partial charge in [-0.25, -0.2) is 0 Å². The third kappa shape index (κ3) is 5.41. The molecule has 0 aliphatic heterocycles. The summed E-state index contributed by atoms with van der Waals surface area (Å²) >= 11 is 0. The number of nitrogens with zero attached hydrogens (tertiary/aromatic N) is 8. The molecule has 0 saturated heterocycles. The lowest BCUT2D eigenvalue weighted by molar-refractivity contribution is 0.667. The fourth-order valence-corrected chi connectivity index (χ4v) is 10.6. The lowest BCUT2D eigenvalue weighted by atomic mass is 10.1. The summed E-state index contributed by atoms with van der Waals surface area (Å²) in [6.07, 6.45) is 11.4. The van der Waals surface area contributed by atoms with E-state index in [0.717, 1.165) is 87.8 Å². The van der Waals surface area contributed by atoms with Crippen molar-refractivity contribution in [3.63, 3.8) is 0 Å². The van der Waals surface area contributed by atoms with Gasteiger partial charge in [0.25, 0.3) is 0 Å². The molecular formula is C48H40N8OSi2. The first kappa shape index (κ1) is 35.3. The van der Waals surface area contributed by atoms with Gasteiger partial charge in [-0.15, -0.1) is 0 Å². The van der Waals surface area contributed by atoms with Crippen molar-refractivity contribution >= 4 is 92.3 Å². The van der Waals surface area contributed by atoms with Crippen LogP contribution in [0.4, 0.5) is 0 Å². The van der Waals surface area contributed by atoms with Crippen molar-refractivity contribution in [1.82, 2.24) is 39.0 Å². The van der Waals surface area contributed by atoms with Crippen LogP contribution in [0.2, 0.25) is 39.3 Å². The van der Waals surface area contributed by atoms with Crippen LogP contribution in [0.25, 0.3) is 99.7 Å². The zero-order valence-electron chi connectivity index (χ0n) is 33.7. The Morgan fingerprint density at radius 2 is 0.847 bits per heavy atom. The molecule has 9 heterocycles. The van der Waals surface area contributed by atoms with Gasteiger partial charge in [0.1, 0.15) is 38.9 Å². The average Bonchev–Trinajstić information content (AvgIpc) is 3.91. The van der Waals surface area contributed by atoms with Crippen LogP contribution in [0.3, 0.4) is 0 Å². The molecule has 0 atom stereocenters. The van der Waals surface area contributed by atoms with E-state index in [-0.39, 0.29) is 0 Å². The molecule has 286 valence electrons. The molecule has 0 radical (unpaired) electrons. The lowest BCUT2D eigenvalue weighted by Crippen LogP contribution is -2.40. The first-order valence-corrected chi connectivity index (χ1v) is 26.9. The number of para-hydroxylation sites is 2. The summed E-state index contributed by atoms with van der Waals surface area (Å²) in [5.41, 5.74) is 10.2. The molecule has 2 aromatic carbocycles. The van der Waals surface area contributed by atoms with E-state index < -0.39 is 16.1 Å². The van der Waals surface area contributed by atoms with Gasteiger partial charge < -0.3 is 13.6 Å². The molecular weight excluding hydrogens is 761 g/mol. The number of aromatic nitrogens is 8. The maximum atomic E-state index is 7.28. The van der Waals surface area contributed by atoms with E-state index in [0.29, 0.717) is 22.6 Å². The van der Waals surface area contributed by atoms with E-state index >= 15 is 0 Å². The number of pyridine rings is 6. The first-order chi connectivity index (χ1) is 28.6. The Morgan fingerprint density at radius 1 is 0.441 bits per heavy atom. The number of rotatable bonds is 6. The third-order valence-electron chi connectivity index (χ3n) is 11.4. The standard InChI is InChI=1S/C48H40N8OSi2/c1-58(2,3)39-25-35-36-26-40(59(4,5)6)54-44(42-46-34(20-24-52-42)32-18-22-50-28-38(32)56(46)30-15-11-8-12-16-30)48(36)57-47(35)43(53-39)41-45-33(19-23-51-41)31-17-21-49-27-37(31)55(45)29-13-9-7-10-14-29/h7-28H,1-6H3. The normalized spacial score (nSPS) is 12.6. The van der Waals surface area contributed by atoms with E-state index in [2.05, 4.69) is 143 Å². The Balaban J connectivity index is 1.30. The maximum absolute atomic E-state index is 7.28. The number of furan rings is 1. The Morgan fingerprint density at radius 3 is 1.25 bits per heavy atom. The quantitative estimate of drug-likeness (QED) is 0.154. The van der Waals surface area contributed by atoms with Gasteiger partial charge in [-0.05, 0) is 60.7 Å². The summed E-state index contributed by atoms with van der Waals surface area (Å²) in [6.45, 7) is 14.1. The minimum atomic E-state index is -2.01. The molecule has 0 saturated carbocycles. The van der Waals surface area contributed by atoms with Gasteiger partial charge in [0.15, 0.2) is 11.2 Å². The smallest absolute Gasteiger partial charge is 0.163 e. The monoisotopic (exact) mass is 800 g/mol. The predicted octanol–water partition coefficient (Wildman–Crippen LogP) is 10.6. The fourth-order valence-electron chi connectivity index (χ4n) is 8.52. The molecule has 0 unspecified atom stereocenters. The lowest BCUT2D eigenvalue weighted by Gasteiger charge is -2.18. The number of hydrogen-bond donors (Lipinski definition) is 0. The Kier molecular flexibility index (Phi) is 7.69. The minimum absolute atomic E-state index is 0.681. The minimum Gasteiger partial charge on any atom is -0.451 e. The number of benzene rings is 2. The van der Waals surface area contributed by atoms with Crippen molar-refractivity contribution in [1.29, 1.82) is 0 Å². The molecule has 0 spiro atoms. The topological polar surface area (TPSA) is 100 Å². The zero-order valence-corrected chi connectivity index (χ0v) is 35.7. The molecule has 0 bridgehead atoms. The number of hydrogen-bond acceptors (Lipinski definition) is 7. The van der Waals surface area contributed by atoms with Gasteiger partial charge >= 0.3 is 0 Å². The predicted molar refractivity (Wildman–Crippen MR) is 246 cm³/mol. The third-order valence-corrected chi connectivity index (χ3v) is 15.0. The molecule has 0 N–H and O–H groups in total. The summed E-state index contributed by atoms with van der Waals surface area (Å²) in [5.74, 6) is 0. The van der Waals surface area contributed by atoms with Crippen molar-refractivity contribution in [3.8, 4) is 34.2 Å². The first-order valence-electron chi connectivity index (χ1n) is 19.9. The molecule has 9 aromatic heterocycles. The summed E-state index contributed by atoms with van der Waals surface area (Å²) < 4.78 is 11.8. The molecule has 11 heteroatoms. The Labute approximate surface area is 342 Å². The molecule has 11 rings (SSSR count). The van der Waals surface area contributed by atoms with Crippen LogP contribution in [0.1, 0.15) is 0 Å². The highest BCUT2D eigenvalue weighted by Gasteiger charge is 2.31. The molecule has 11 aromatic rings. The molecule has 0 aliphatic rings. The average molecular weight is 801 g/mol. The highest BCUT2D eigenvalue weighted by Crippen LogP contribution is 2.43. The van der Waals surface area contributed by atoms with E-state index in [1.165, 1.54) is 0 Å². The van der Waals surface area contributed by atoms with Gasteiger partial charge in [-0.3, -0.25) is 29.9 Å². The summed E-state index contributed by atoms with van der Waals surface area (Å²) in [4.78, 5) is 30.5. The Hall–Kier alpha value is -6.83. The molecule has 0 aliphatic carbocycles. The van der Waals surface area contributed by atoms with E-state index in [4.69, 9.17) is 24.4 Å². The largest absolute Gasteiger partial charge is 0.451 e. The van der Waals surface area contributed by atoms with Crippen molar-refractivity contribution in [2.75, 3.05) is 0 Å². The second-order valence-electron chi connectivity index (χ2n) is 17.3. The van der Waals surface area contributed by atoms with E-state index in [9.17, 15) is 0 Å². The van der Waals surface area contributed by atoms with Gasteiger partial charge in [-0.1, -0.05) is 75.7 Å². The summed E-state index contributed by atoms with van der Waals surface area (Å²) in [5, 5.41) is 8.51. The second kappa shape index (κ2) is 12.8. The summed E-state index contributed by atoms with van der Waals surface area (Å²) in [6, 6.07) is 33.7. The van der Waals surface area contributed by atoms with Gasteiger partial charge in [0.05, 0.1) is 34.5 Å². The van der Waals surface area contributed by atoms with Crippen LogP contribution in [-0.4, -0.2) is 55.2 Å². The number of fused-ring (bicyclic) bond motifs is 9. The van der Waals surface area contributed by atoms with Crippen LogP contribution >= 0.6 is 0 Å². The fraction of sp³-hybridized carbons (Fsp3) is 0.125. The van der Waals surface area contributed by atoms with Crippen molar-refractivity contribution < 1.29 is 4.42 Å². The SMILES string of the molecule is C[Si](C)(C)c1cc2c(oc3c(-c4nccc5c6ccncc6n(-c6ccccc6)c45)nc([Si](C)(C)C)cc32)c(-c2nccc3c4ccncc4n(-c4ccccc4)c23)n1. The maximum Gasteiger partial charge on any atom is 0.163 e. The van der Waals surface area contributed by atoms with Gasteiger partial charge in [-0.2, -0.15) is 0 Å². The highest BCUT2D eigenvalue weighted by molar-refractivity contribution is 6.88. The van der Waals surface area contributed by atoms with Crippen LogP contribution < -0.4 is 10.6 Å². The van der Waals surface area contributed by atoms with Crippen LogP contribution in [-0.2, 0) is 0 Å².